The number of carbonyl (C=O) groups is 2. The van der Waals surface area contributed by atoms with E-state index in [1.54, 1.807) is 6.07 Å². The molecule has 2 amide bonds. The quantitative estimate of drug-likeness (QED) is 0.868. The molecule has 2 N–H and O–H groups in total. The van der Waals surface area contributed by atoms with E-state index in [0.29, 0.717) is 5.56 Å². The zero-order valence-electron chi connectivity index (χ0n) is 12.7. The van der Waals surface area contributed by atoms with Crippen LogP contribution in [0.1, 0.15) is 28.4 Å². The maximum atomic E-state index is 12.3. The summed E-state index contributed by atoms with van der Waals surface area (Å²) in [7, 11) is 0. The zero-order valence-corrected chi connectivity index (χ0v) is 14.3. The van der Waals surface area contributed by atoms with Gasteiger partial charge in [-0.1, -0.05) is 18.2 Å². The molecule has 1 aliphatic carbocycles. The minimum absolute atomic E-state index is 0.00902. The number of halogens is 1. The fourth-order valence-corrected chi connectivity index (χ4v) is 3.39. The second-order valence-electron chi connectivity index (χ2n) is 5.72. The Morgan fingerprint density at radius 3 is 2.57 bits per heavy atom. The molecule has 2 aromatic carbocycles. The van der Waals surface area contributed by atoms with Crippen molar-refractivity contribution in [2.45, 2.75) is 25.8 Å². The number of nitrogens with one attached hydrogen (secondary N) is 2. The first kappa shape index (κ1) is 15.7. The van der Waals surface area contributed by atoms with Crippen LogP contribution in [0.3, 0.4) is 0 Å². The largest absolute Gasteiger partial charge is 0.353 e. The lowest BCUT2D eigenvalue weighted by Gasteiger charge is -2.09. The van der Waals surface area contributed by atoms with Gasteiger partial charge in [0, 0.05) is 23.1 Å². The molecule has 1 aliphatic rings. The monoisotopic (exact) mass is 372 g/mol. The molecule has 0 radical (unpaired) electrons. The van der Waals surface area contributed by atoms with Gasteiger partial charge in [-0.2, -0.15) is 0 Å². The standard InChI is InChI=1S/C18H17BrN2O2/c1-11(22)20-15-8-12-6-7-14(9-13(12)10-15)21-18(23)16-4-2-3-5-17(16)19/h2-7,9,15H,8,10H2,1H3,(H,20,22)(H,21,23). The molecule has 1 unspecified atom stereocenters. The highest BCUT2D eigenvalue weighted by molar-refractivity contribution is 9.10. The van der Waals surface area contributed by atoms with Gasteiger partial charge >= 0.3 is 0 Å². The third-order valence-corrected chi connectivity index (χ3v) is 4.61. The van der Waals surface area contributed by atoms with E-state index in [2.05, 4.69) is 26.6 Å². The van der Waals surface area contributed by atoms with Crippen LogP contribution in [0.25, 0.3) is 0 Å². The summed E-state index contributed by atoms with van der Waals surface area (Å²) in [5, 5.41) is 5.88. The summed E-state index contributed by atoms with van der Waals surface area (Å²) in [6, 6.07) is 13.4. The van der Waals surface area contributed by atoms with E-state index in [9.17, 15) is 9.59 Å². The van der Waals surface area contributed by atoms with Gasteiger partial charge in [-0.15, -0.1) is 0 Å². The average molecular weight is 373 g/mol. The summed E-state index contributed by atoms with van der Waals surface area (Å²) >= 11 is 3.39. The van der Waals surface area contributed by atoms with Crippen LogP contribution in [-0.4, -0.2) is 17.9 Å². The number of fused-ring (bicyclic) bond motifs is 1. The summed E-state index contributed by atoms with van der Waals surface area (Å²) in [5.41, 5.74) is 3.77. The van der Waals surface area contributed by atoms with Crippen LogP contribution in [-0.2, 0) is 17.6 Å². The van der Waals surface area contributed by atoms with Crippen LogP contribution >= 0.6 is 15.9 Å². The normalized spacial score (nSPS) is 15.8. The van der Waals surface area contributed by atoms with Gasteiger partial charge in [0.2, 0.25) is 5.91 Å². The molecule has 118 valence electrons. The Morgan fingerprint density at radius 2 is 1.83 bits per heavy atom. The second-order valence-corrected chi connectivity index (χ2v) is 6.58. The molecule has 0 bridgehead atoms. The first-order chi connectivity index (χ1) is 11.0. The Morgan fingerprint density at radius 1 is 1.09 bits per heavy atom. The van der Waals surface area contributed by atoms with Gasteiger partial charge < -0.3 is 10.6 Å². The summed E-state index contributed by atoms with van der Waals surface area (Å²) in [5.74, 6) is -0.154. The molecule has 1 atom stereocenters. The summed E-state index contributed by atoms with van der Waals surface area (Å²) in [4.78, 5) is 23.5. The summed E-state index contributed by atoms with van der Waals surface area (Å²) in [6.45, 7) is 1.53. The van der Waals surface area contributed by atoms with Crippen LogP contribution in [0.2, 0.25) is 0 Å². The zero-order chi connectivity index (χ0) is 16.4. The number of anilines is 1. The molecule has 0 aromatic heterocycles. The van der Waals surface area contributed by atoms with Crippen molar-refractivity contribution in [1.29, 1.82) is 0 Å². The lowest BCUT2D eigenvalue weighted by molar-refractivity contribution is -0.119. The maximum absolute atomic E-state index is 12.3. The number of carbonyl (C=O) groups excluding carboxylic acids is 2. The number of hydrogen-bond acceptors (Lipinski definition) is 2. The molecule has 0 saturated carbocycles. The van der Waals surface area contributed by atoms with Gasteiger partial charge in [-0.25, -0.2) is 0 Å². The van der Waals surface area contributed by atoms with Crippen LogP contribution in [0, 0.1) is 0 Å². The molecule has 0 spiro atoms. The SMILES string of the molecule is CC(=O)NC1Cc2ccc(NC(=O)c3ccccc3Br)cc2C1. The van der Waals surface area contributed by atoms with E-state index in [4.69, 9.17) is 0 Å². The smallest absolute Gasteiger partial charge is 0.256 e. The highest BCUT2D eigenvalue weighted by Crippen LogP contribution is 2.26. The van der Waals surface area contributed by atoms with Crippen molar-refractivity contribution in [3.8, 4) is 0 Å². The maximum Gasteiger partial charge on any atom is 0.256 e. The highest BCUT2D eigenvalue weighted by atomic mass is 79.9. The Labute approximate surface area is 143 Å². The van der Waals surface area contributed by atoms with Crippen LogP contribution in [0.4, 0.5) is 5.69 Å². The fourth-order valence-electron chi connectivity index (χ4n) is 2.93. The van der Waals surface area contributed by atoms with E-state index >= 15 is 0 Å². The molecule has 0 aliphatic heterocycles. The van der Waals surface area contributed by atoms with Crippen molar-refractivity contribution in [1.82, 2.24) is 5.32 Å². The Hall–Kier alpha value is -2.14. The number of rotatable bonds is 3. The average Bonchev–Trinajstić information content (AvgIpc) is 2.88. The Kier molecular flexibility index (Phi) is 4.48. The predicted octanol–water partition coefficient (Wildman–Crippen LogP) is 3.30. The molecule has 2 aromatic rings. The van der Waals surface area contributed by atoms with E-state index in [0.717, 1.165) is 23.0 Å². The van der Waals surface area contributed by atoms with E-state index < -0.39 is 0 Å². The first-order valence-electron chi connectivity index (χ1n) is 7.47. The molecule has 3 rings (SSSR count). The molecular formula is C18H17BrN2O2. The van der Waals surface area contributed by atoms with Crippen molar-refractivity contribution in [3.05, 3.63) is 63.6 Å². The minimum Gasteiger partial charge on any atom is -0.353 e. The summed E-state index contributed by atoms with van der Waals surface area (Å²) < 4.78 is 0.768. The molecule has 0 fully saturated rings. The summed E-state index contributed by atoms with van der Waals surface area (Å²) in [6.07, 6.45) is 1.64. The van der Waals surface area contributed by atoms with Crippen molar-refractivity contribution < 1.29 is 9.59 Å². The van der Waals surface area contributed by atoms with Gasteiger partial charge in [0.05, 0.1) is 5.56 Å². The number of hydrogen-bond donors (Lipinski definition) is 2. The molecular weight excluding hydrogens is 356 g/mol. The van der Waals surface area contributed by atoms with Gasteiger partial charge in [0.25, 0.3) is 5.91 Å². The van der Waals surface area contributed by atoms with Crippen molar-refractivity contribution >= 4 is 33.4 Å². The lowest BCUT2D eigenvalue weighted by Crippen LogP contribution is -2.33. The highest BCUT2D eigenvalue weighted by Gasteiger charge is 2.22. The Balaban J connectivity index is 1.73. The molecule has 0 saturated heterocycles. The van der Waals surface area contributed by atoms with Crippen LogP contribution < -0.4 is 10.6 Å². The van der Waals surface area contributed by atoms with Gasteiger partial charge in [-0.05, 0) is 64.2 Å². The van der Waals surface area contributed by atoms with Gasteiger partial charge in [0.15, 0.2) is 0 Å². The topological polar surface area (TPSA) is 58.2 Å². The van der Waals surface area contributed by atoms with E-state index in [1.165, 1.54) is 18.1 Å². The van der Waals surface area contributed by atoms with Gasteiger partial charge in [0.1, 0.15) is 0 Å². The fraction of sp³-hybridized carbons (Fsp3) is 0.222. The van der Waals surface area contributed by atoms with Crippen LogP contribution in [0.15, 0.2) is 46.9 Å². The second kappa shape index (κ2) is 6.54. The molecule has 4 nitrogen and oxygen atoms in total. The van der Waals surface area contributed by atoms with Crippen molar-refractivity contribution in [2.24, 2.45) is 0 Å². The number of benzene rings is 2. The van der Waals surface area contributed by atoms with Crippen molar-refractivity contribution in [3.63, 3.8) is 0 Å². The molecule has 5 heteroatoms. The lowest BCUT2D eigenvalue weighted by atomic mass is 10.1. The first-order valence-corrected chi connectivity index (χ1v) is 8.27. The number of amides is 2. The third kappa shape index (κ3) is 3.62. The van der Waals surface area contributed by atoms with E-state index in [-0.39, 0.29) is 17.9 Å². The predicted molar refractivity (Wildman–Crippen MR) is 93.5 cm³/mol. The third-order valence-electron chi connectivity index (χ3n) is 3.92. The van der Waals surface area contributed by atoms with Crippen LogP contribution in [0.5, 0.6) is 0 Å². The van der Waals surface area contributed by atoms with Crippen molar-refractivity contribution in [2.75, 3.05) is 5.32 Å². The molecule has 0 heterocycles. The van der Waals surface area contributed by atoms with Gasteiger partial charge in [-0.3, -0.25) is 9.59 Å². The molecule has 23 heavy (non-hydrogen) atoms. The minimum atomic E-state index is -0.145. The van der Waals surface area contributed by atoms with E-state index in [1.807, 2.05) is 36.4 Å². The Bertz CT molecular complexity index is 773.